The van der Waals surface area contributed by atoms with E-state index in [2.05, 4.69) is 9.88 Å². The van der Waals surface area contributed by atoms with Gasteiger partial charge in [0.25, 0.3) is 0 Å². The lowest BCUT2D eigenvalue weighted by molar-refractivity contribution is -0.121. The molecular formula is C12H18N4O. The van der Waals surface area contributed by atoms with Crippen LogP contribution < -0.4 is 11.5 Å². The number of aromatic nitrogens is 1. The van der Waals surface area contributed by atoms with E-state index in [0.717, 1.165) is 18.5 Å². The highest BCUT2D eigenvalue weighted by atomic mass is 16.1. The van der Waals surface area contributed by atoms with Gasteiger partial charge in [0.05, 0.1) is 5.92 Å². The molecule has 5 nitrogen and oxygen atoms in total. The Morgan fingerprint density at radius 3 is 3.00 bits per heavy atom. The molecule has 0 saturated carbocycles. The Hall–Kier alpha value is -1.46. The van der Waals surface area contributed by atoms with E-state index in [1.165, 1.54) is 0 Å². The van der Waals surface area contributed by atoms with Crippen LogP contribution in [0, 0.1) is 5.92 Å². The monoisotopic (exact) mass is 234 g/mol. The third kappa shape index (κ3) is 2.62. The SMILES string of the molecule is NCC(c1cccnc1)N1CCC(C(N)=O)C1. The van der Waals surface area contributed by atoms with Gasteiger partial charge in [0, 0.05) is 31.5 Å². The molecule has 5 heteroatoms. The van der Waals surface area contributed by atoms with Gasteiger partial charge < -0.3 is 11.5 Å². The maximum Gasteiger partial charge on any atom is 0.221 e. The molecule has 1 aromatic heterocycles. The van der Waals surface area contributed by atoms with Crippen LogP contribution in [-0.2, 0) is 4.79 Å². The summed E-state index contributed by atoms with van der Waals surface area (Å²) in [6.45, 7) is 2.09. The van der Waals surface area contributed by atoms with Crippen molar-refractivity contribution < 1.29 is 4.79 Å². The molecular weight excluding hydrogens is 216 g/mol. The zero-order valence-corrected chi connectivity index (χ0v) is 9.75. The third-order valence-corrected chi connectivity index (χ3v) is 3.36. The summed E-state index contributed by atoms with van der Waals surface area (Å²) in [5.41, 5.74) is 12.2. The van der Waals surface area contributed by atoms with Crippen LogP contribution in [0.3, 0.4) is 0 Å². The van der Waals surface area contributed by atoms with E-state index in [-0.39, 0.29) is 17.9 Å². The smallest absolute Gasteiger partial charge is 0.221 e. The maximum atomic E-state index is 11.1. The average molecular weight is 234 g/mol. The first kappa shape index (κ1) is 12.0. The fourth-order valence-electron chi connectivity index (χ4n) is 2.37. The molecule has 0 bridgehead atoms. The van der Waals surface area contributed by atoms with Crippen LogP contribution in [0.5, 0.6) is 0 Å². The van der Waals surface area contributed by atoms with Crippen LogP contribution in [0.15, 0.2) is 24.5 Å². The molecule has 2 unspecified atom stereocenters. The second kappa shape index (κ2) is 5.25. The van der Waals surface area contributed by atoms with E-state index >= 15 is 0 Å². The predicted octanol–water partition coefficient (Wildman–Crippen LogP) is -0.111. The van der Waals surface area contributed by atoms with Crippen molar-refractivity contribution in [1.29, 1.82) is 0 Å². The van der Waals surface area contributed by atoms with Crippen molar-refractivity contribution in [3.05, 3.63) is 30.1 Å². The summed E-state index contributed by atoms with van der Waals surface area (Å²) in [5, 5.41) is 0. The molecule has 0 aliphatic carbocycles. The minimum atomic E-state index is -0.213. The lowest BCUT2D eigenvalue weighted by Gasteiger charge is -2.26. The zero-order chi connectivity index (χ0) is 12.3. The van der Waals surface area contributed by atoms with Crippen LogP contribution in [0.1, 0.15) is 18.0 Å². The van der Waals surface area contributed by atoms with Crippen molar-refractivity contribution in [2.75, 3.05) is 19.6 Å². The third-order valence-electron chi connectivity index (χ3n) is 3.36. The summed E-state index contributed by atoms with van der Waals surface area (Å²) in [5.74, 6) is -0.254. The lowest BCUT2D eigenvalue weighted by Crippen LogP contribution is -2.34. The van der Waals surface area contributed by atoms with Gasteiger partial charge in [-0.3, -0.25) is 14.7 Å². The number of hydrogen-bond acceptors (Lipinski definition) is 4. The first-order valence-corrected chi connectivity index (χ1v) is 5.85. The number of carbonyl (C=O) groups is 1. The number of likely N-dealkylation sites (tertiary alicyclic amines) is 1. The van der Waals surface area contributed by atoms with E-state index < -0.39 is 0 Å². The lowest BCUT2D eigenvalue weighted by atomic mass is 10.1. The summed E-state index contributed by atoms with van der Waals surface area (Å²) < 4.78 is 0. The molecule has 0 spiro atoms. The highest BCUT2D eigenvalue weighted by Gasteiger charge is 2.31. The number of hydrogen-bond donors (Lipinski definition) is 2. The number of pyridine rings is 1. The molecule has 1 aliphatic heterocycles. The standard InChI is InChI=1S/C12H18N4O/c13-6-11(9-2-1-4-15-7-9)16-5-3-10(8-16)12(14)17/h1-2,4,7,10-11H,3,5-6,8,13H2,(H2,14,17). The summed E-state index contributed by atoms with van der Waals surface area (Å²) in [7, 11) is 0. The molecule has 0 radical (unpaired) electrons. The van der Waals surface area contributed by atoms with Crippen molar-refractivity contribution in [1.82, 2.24) is 9.88 Å². The quantitative estimate of drug-likeness (QED) is 0.761. The Bertz CT molecular complexity index is 381. The molecule has 1 saturated heterocycles. The number of rotatable bonds is 4. The van der Waals surface area contributed by atoms with E-state index in [1.54, 1.807) is 6.20 Å². The Kier molecular flexibility index (Phi) is 3.71. The van der Waals surface area contributed by atoms with Crippen LogP contribution >= 0.6 is 0 Å². The molecule has 92 valence electrons. The molecule has 4 N–H and O–H groups in total. The second-order valence-electron chi connectivity index (χ2n) is 4.42. The topological polar surface area (TPSA) is 85.2 Å². The molecule has 1 fully saturated rings. The average Bonchev–Trinajstić information content (AvgIpc) is 2.81. The molecule has 0 aromatic carbocycles. The summed E-state index contributed by atoms with van der Waals surface area (Å²) in [6, 6.07) is 4.05. The highest BCUT2D eigenvalue weighted by Crippen LogP contribution is 2.26. The summed E-state index contributed by atoms with van der Waals surface area (Å²) >= 11 is 0. The van der Waals surface area contributed by atoms with Gasteiger partial charge >= 0.3 is 0 Å². The minimum absolute atomic E-state index is 0.0410. The molecule has 2 rings (SSSR count). The molecule has 1 aliphatic rings. The Labute approximate surface area is 101 Å². The molecule has 2 atom stereocenters. The Balaban J connectivity index is 2.08. The zero-order valence-electron chi connectivity index (χ0n) is 9.75. The summed E-state index contributed by atoms with van der Waals surface area (Å²) in [4.78, 5) is 17.5. The Morgan fingerprint density at radius 2 is 2.47 bits per heavy atom. The Morgan fingerprint density at radius 1 is 1.65 bits per heavy atom. The van der Waals surface area contributed by atoms with Crippen LogP contribution in [0.4, 0.5) is 0 Å². The van der Waals surface area contributed by atoms with Gasteiger partial charge in [-0.15, -0.1) is 0 Å². The molecule has 2 heterocycles. The molecule has 17 heavy (non-hydrogen) atoms. The van der Waals surface area contributed by atoms with Crippen LogP contribution in [0.2, 0.25) is 0 Å². The van der Waals surface area contributed by atoms with E-state index in [9.17, 15) is 4.79 Å². The van der Waals surface area contributed by atoms with Crippen molar-refractivity contribution in [3.63, 3.8) is 0 Å². The van der Waals surface area contributed by atoms with E-state index in [0.29, 0.717) is 13.1 Å². The predicted molar refractivity (Wildman–Crippen MR) is 64.9 cm³/mol. The number of nitrogens with zero attached hydrogens (tertiary/aromatic N) is 2. The van der Waals surface area contributed by atoms with Gasteiger partial charge in [0.2, 0.25) is 5.91 Å². The first-order valence-electron chi connectivity index (χ1n) is 5.85. The van der Waals surface area contributed by atoms with Gasteiger partial charge in [0.15, 0.2) is 0 Å². The maximum absolute atomic E-state index is 11.1. The normalized spacial score (nSPS) is 22.5. The highest BCUT2D eigenvalue weighted by molar-refractivity contribution is 5.77. The first-order chi connectivity index (χ1) is 8.22. The molecule has 1 amide bonds. The van der Waals surface area contributed by atoms with Gasteiger partial charge in [0.1, 0.15) is 0 Å². The number of nitrogens with two attached hydrogens (primary N) is 2. The largest absolute Gasteiger partial charge is 0.369 e. The second-order valence-corrected chi connectivity index (χ2v) is 4.42. The summed E-state index contributed by atoms with van der Waals surface area (Å²) in [6.07, 6.45) is 4.40. The molecule has 1 aromatic rings. The van der Waals surface area contributed by atoms with Crippen molar-refractivity contribution in [3.8, 4) is 0 Å². The van der Waals surface area contributed by atoms with Gasteiger partial charge in [-0.25, -0.2) is 0 Å². The van der Waals surface area contributed by atoms with Crippen LogP contribution in [0.25, 0.3) is 0 Å². The van der Waals surface area contributed by atoms with Crippen molar-refractivity contribution >= 4 is 5.91 Å². The van der Waals surface area contributed by atoms with Crippen molar-refractivity contribution in [2.24, 2.45) is 17.4 Å². The van der Waals surface area contributed by atoms with Crippen molar-refractivity contribution in [2.45, 2.75) is 12.5 Å². The van der Waals surface area contributed by atoms with E-state index in [4.69, 9.17) is 11.5 Å². The van der Waals surface area contributed by atoms with Gasteiger partial charge in [-0.05, 0) is 24.6 Å². The van der Waals surface area contributed by atoms with Gasteiger partial charge in [-0.1, -0.05) is 6.07 Å². The van der Waals surface area contributed by atoms with E-state index in [1.807, 2.05) is 18.3 Å². The number of carbonyl (C=O) groups excluding carboxylic acids is 1. The number of primary amides is 1. The fourth-order valence-corrected chi connectivity index (χ4v) is 2.37. The van der Waals surface area contributed by atoms with Crippen LogP contribution in [-0.4, -0.2) is 35.4 Å². The minimum Gasteiger partial charge on any atom is -0.369 e. The van der Waals surface area contributed by atoms with Gasteiger partial charge in [-0.2, -0.15) is 0 Å². The number of amides is 1. The fraction of sp³-hybridized carbons (Fsp3) is 0.500.